The van der Waals surface area contributed by atoms with Gasteiger partial charge in [0.05, 0.1) is 6.61 Å². The van der Waals surface area contributed by atoms with Gasteiger partial charge in [0.25, 0.3) is 0 Å². The second-order valence-electron chi connectivity index (χ2n) is 6.36. The second kappa shape index (κ2) is 10.7. The average molecular weight is 388 g/mol. The molecule has 0 aliphatic heterocycles. The first-order valence-electron chi connectivity index (χ1n) is 9.58. The van der Waals surface area contributed by atoms with E-state index in [1.807, 2.05) is 54.6 Å². The molecule has 5 nitrogen and oxygen atoms in total. The first-order valence-corrected chi connectivity index (χ1v) is 9.58. The third kappa shape index (κ3) is 6.50. The Morgan fingerprint density at radius 3 is 2.55 bits per heavy atom. The number of hydrogen-bond acceptors (Lipinski definition) is 4. The number of ether oxygens (including phenoxy) is 2. The molecule has 3 aromatic rings. The highest BCUT2D eigenvalue weighted by molar-refractivity contribution is 6.02. The standard InChI is InChI=1S/C24H24N2O3/c1-2-17-28-21-13-10-19(11-14-21)12-15-23(27)26-24-22(9-6-16-25-24)29-18-20-7-4-3-5-8-20/h3-16H,2,17-18H2,1H3,(H,25,26,27)/b15-12+. The lowest BCUT2D eigenvalue weighted by atomic mass is 10.2. The maximum atomic E-state index is 12.3. The Morgan fingerprint density at radius 2 is 1.79 bits per heavy atom. The number of amides is 1. The van der Waals surface area contributed by atoms with Gasteiger partial charge in [-0.25, -0.2) is 4.98 Å². The Bertz CT molecular complexity index is 938. The third-order valence-corrected chi connectivity index (χ3v) is 4.03. The van der Waals surface area contributed by atoms with Crippen LogP contribution in [0.4, 0.5) is 5.82 Å². The number of carbonyl (C=O) groups excluding carboxylic acids is 1. The highest BCUT2D eigenvalue weighted by Gasteiger charge is 2.07. The summed E-state index contributed by atoms with van der Waals surface area (Å²) in [6.45, 7) is 3.16. The van der Waals surface area contributed by atoms with Crippen LogP contribution < -0.4 is 14.8 Å². The molecule has 0 unspecified atom stereocenters. The first kappa shape index (κ1) is 20.1. The van der Waals surface area contributed by atoms with Crippen molar-refractivity contribution in [3.63, 3.8) is 0 Å². The van der Waals surface area contributed by atoms with Gasteiger partial charge in [-0.05, 0) is 47.9 Å². The van der Waals surface area contributed by atoms with Crippen molar-refractivity contribution in [2.45, 2.75) is 20.0 Å². The molecular weight excluding hydrogens is 364 g/mol. The van der Waals surface area contributed by atoms with Crippen molar-refractivity contribution >= 4 is 17.8 Å². The normalized spacial score (nSPS) is 10.7. The predicted molar refractivity (Wildman–Crippen MR) is 115 cm³/mol. The van der Waals surface area contributed by atoms with E-state index in [-0.39, 0.29) is 5.91 Å². The number of hydrogen-bond donors (Lipinski definition) is 1. The summed E-state index contributed by atoms with van der Waals surface area (Å²) < 4.78 is 11.4. The SMILES string of the molecule is CCCOc1ccc(/C=C/C(=O)Nc2ncccc2OCc2ccccc2)cc1. The van der Waals surface area contributed by atoms with Crippen molar-refractivity contribution in [1.29, 1.82) is 0 Å². The lowest BCUT2D eigenvalue weighted by molar-refractivity contribution is -0.111. The molecule has 0 aliphatic rings. The fraction of sp³-hybridized carbons (Fsp3) is 0.167. The van der Waals surface area contributed by atoms with Gasteiger partial charge in [0, 0.05) is 12.3 Å². The Kier molecular flexibility index (Phi) is 7.41. The van der Waals surface area contributed by atoms with E-state index in [1.165, 1.54) is 6.08 Å². The van der Waals surface area contributed by atoms with Crippen molar-refractivity contribution < 1.29 is 14.3 Å². The molecule has 0 fully saturated rings. The molecule has 1 amide bonds. The highest BCUT2D eigenvalue weighted by atomic mass is 16.5. The van der Waals surface area contributed by atoms with Crippen LogP contribution in [0, 0.1) is 0 Å². The molecule has 148 valence electrons. The number of anilines is 1. The number of carbonyl (C=O) groups is 1. The van der Waals surface area contributed by atoms with E-state index in [9.17, 15) is 4.79 Å². The summed E-state index contributed by atoms with van der Waals surface area (Å²) in [5.74, 6) is 1.46. The van der Waals surface area contributed by atoms with E-state index in [4.69, 9.17) is 9.47 Å². The quantitative estimate of drug-likeness (QED) is 0.518. The Morgan fingerprint density at radius 1 is 1.00 bits per heavy atom. The van der Waals surface area contributed by atoms with Gasteiger partial charge >= 0.3 is 0 Å². The van der Waals surface area contributed by atoms with E-state index in [1.54, 1.807) is 24.4 Å². The van der Waals surface area contributed by atoms with Gasteiger partial charge in [-0.2, -0.15) is 0 Å². The van der Waals surface area contributed by atoms with Crippen LogP contribution in [0.2, 0.25) is 0 Å². The van der Waals surface area contributed by atoms with Crippen LogP contribution in [-0.4, -0.2) is 17.5 Å². The minimum Gasteiger partial charge on any atom is -0.494 e. The zero-order chi connectivity index (χ0) is 20.3. The summed E-state index contributed by atoms with van der Waals surface area (Å²) in [5.41, 5.74) is 1.95. The number of nitrogens with zero attached hydrogens (tertiary/aromatic N) is 1. The Hall–Kier alpha value is -3.60. The number of pyridine rings is 1. The van der Waals surface area contributed by atoms with Gasteiger partial charge in [-0.1, -0.05) is 49.4 Å². The van der Waals surface area contributed by atoms with Crippen molar-refractivity contribution in [2.75, 3.05) is 11.9 Å². The van der Waals surface area contributed by atoms with Crippen LogP contribution in [-0.2, 0) is 11.4 Å². The van der Waals surface area contributed by atoms with Crippen molar-refractivity contribution in [3.05, 3.63) is 90.1 Å². The monoisotopic (exact) mass is 388 g/mol. The molecule has 0 bridgehead atoms. The van der Waals surface area contributed by atoms with E-state index < -0.39 is 0 Å². The molecular formula is C24H24N2O3. The summed E-state index contributed by atoms with van der Waals surface area (Å²) in [6, 6.07) is 21.0. The second-order valence-corrected chi connectivity index (χ2v) is 6.36. The number of nitrogens with one attached hydrogen (secondary N) is 1. The average Bonchev–Trinajstić information content (AvgIpc) is 2.77. The minimum absolute atomic E-state index is 0.278. The van der Waals surface area contributed by atoms with Gasteiger partial charge < -0.3 is 14.8 Å². The maximum absolute atomic E-state index is 12.3. The molecule has 3 rings (SSSR count). The molecule has 0 aliphatic carbocycles. The molecule has 5 heteroatoms. The van der Waals surface area contributed by atoms with E-state index in [0.29, 0.717) is 24.8 Å². The number of aromatic nitrogens is 1. The lowest BCUT2D eigenvalue weighted by Crippen LogP contribution is -2.11. The lowest BCUT2D eigenvalue weighted by Gasteiger charge is -2.10. The van der Waals surface area contributed by atoms with E-state index in [2.05, 4.69) is 17.2 Å². The van der Waals surface area contributed by atoms with Crippen molar-refractivity contribution in [1.82, 2.24) is 4.98 Å². The van der Waals surface area contributed by atoms with Crippen LogP contribution in [0.5, 0.6) is 11.5 Å². The van der Waals surface area contributed by atoms with Crippen molar-refractivity contribution in [3.8, 4) is 11.5 Å². The molecule has 1 aromatic heterocycles. The molecule has 0 spiro atoms. The van der Waals surface area contributed by atoms with Crippen molar-refractivity contribution in [2.24, 2.45) is 0 Å². The first-order chi connectivity index (χ1) is 14.2. The van der Waals surface area contributed by atoms with Crippen LogP contribution in [0.15, 0.2) is 79.0 Å². The molecule has 0 saturated heterocycles. The largest absolute Gasteiger partial charge is 0.494 e. The fourth-order valence-electron chi connectivity index (χ4n) is 2.56. The zero-order valence-electron chi connectivity index (χ0n) is 16.4. The zero-order valence-corrected chi connectivity index (χ0v) is 16.4. The summed E-state index contributed by atoms with van der Waals surface area (Å²) in [4.78, 5) is 16.5. The molecule has 0 saturated carbocycles. The topological polar surface area (TPSA) is 60.5 Å². The molecule has 0 atom stereocenters. The van der Waals surface area contributed by atoms with Gasteiger partial charge in [0.1, 0.15) is 12.4 Å². The van der Waals surface area contributed by atoms with E-state index in [0.717, 1.165) is 23.3 Å². The fourth-order valence-corrected chi connectivity index (χ4v) is 2.56. The Labute approximate surface area is 171 Å². The number of benzene rings is 2. The number of rotatable bonds is 9. The van der Waals surface area contributed by atoms with Gasteiger partial charge in [-0.3, -0.25) is 4.79 Å². The molecule has 29 heavy (non-hydrogen) atoms. The molecule has 1 N–H and O–H groups in total. The van der Waals surface area contributed by atoms with Gasteiger partial charge in [-0.15, -0.1) is 0 Å². The molecule has 1 heterocycles. The molecule has 0 radical (unpaired) electrons. The minimum atomic E-state index is -0.278. The smallest absolute Gasteiger partial charge is 0.249 e. The highest BCUT2D eigenvalue weighted by Crippen LogP contribution is 2.22. The summed E-state index contributed by atoms with van der Waals surface area (Å²) in [5, 5.41) is 2.77. The summed E-state index contributed by atoms with van der Waals surface area (Å²) in [7, 11) is 0. The van der Waals surface area contributed by atoms with Crippen LogP contribution in [0.3, 0.4) is 0 Å². The third-order valence-electron chi connectivity index (χ3n) is 4.03. The van der Waals surface area contributed by atoms with Gasteiger partial charge in [0.2, 0.25) is 5.91 Å². The molecule has 2 aromatic carbocycles. The van der Waals surface area contributed by atoms with E-state index >= 15 is 0 Å². The maximum Gasteiger partial charge on any atom is 0.249 e. The van der Waals surface area contributed by atoms with Crippen LogP contribution in [0.1, 0.15) is 24.5 Å². The summed E-state index contributed by atoms with van der Waals surface area (Å²) in [6.07, 6.45) is 5.79. The van der Waals surface area contributed by atoms with Gasteiger partial charge in [0.15, 0.2) is 11.6 Å². The Balaban J connectivity index is 1.58. The predicted octanol–water partition coefficient (Wildman–Crippen LogP) is 5.10. The summed E-state index contributed by atoms with van der Waals surface area (Å²) >= 11 is 0. The van der Waals surface area contributed by atoms with Crippen LogP contribution in [0.25, 0.3) is 6.08 Å². The van der Waals surface area contributed by atoms with Crippen LogP contribution >= 0.6 is 0 Å².